The van der Waals surface area contributed by atoms with Crippen LogP contribution in [0.1, 0.15) is 49.2 Å². The third-order valence-electron chi connectivity index (χ3n) is 6.89. The summed E-state index contributed by atoms with van der Waals surface area (Å²) in [7, 11) is -3.51. The van der Waals surface area contributed by atoms with Crippen molar-refractivity contribution in [1.82, 2.24) is 20.2 Å². The third-order valence-corrected chi connectivity index (χ3v) is 9.10. The first-order valence-electron chi connectivity index (χ1n) is 13.1. The number of aromatic nitrogens is 2. The van der Waals surface area contributed by atoms with Gasteiger partial charge in [0.25, 0.3) is 5.91 Å². The predicted molar refractivity (Wildman–Crippen MR) is 151 cm³/mol. The summed E-state index contributed by atoms with van der Waals surface area (Å²) in [5.74, 6) is 1.36. The number of hydrogen-bond donors (Lipinski definition) is 3. The van der Waals surface area contributed by atoms with Crippen molar-refractivity contribution >= 4 is 38.9 Å². The van der Waals surface area contributed by atoms with E-state index in [1.54, 1.807) is 44.3 Å². The van der Waals surface area contributed by atoms with E-state index in [0.717, 1.165) is 24.2 Å². The third kappa shape index (κ3) is 5.28. The molecule has 0 saturated carbocycles. The monoisotopic (exact) mass is 550 g/mol. The predicted octanol–water partition coefficient (Wildman–Crippen LogP) is 4.17. The molecule has 0 radical (unpaired) electrons. The van der Waals surface area contributed by atoms with Crippen LogP contribution >= 0.6 is 0 Å². The van der Waals surface area contributed by atoms with E-state index in [4.69, 9.17) is 4.74 Å². The summed E-state index contributed by atoms with van der Waals surface area (Å²) in [4.78, 5) is 24.4. The van der Waals surface area contributed by atoms with Gasteiger partial charge in [-0.1, -0.05) is 12.1 Å². The molecule has 1 saturated heterocycles. The van der Waals surface area contributed by atoms with Crippen LogP contribution < -0.4 is 20.7 Å². The molecule has 0 spiro atoms. The highest BCUT2D eigenvalue weighted by Crippen LogP contribution is 2.37. The summed E-state index contributed by atoms with van der Waals surface area (Å²) in [6, 6.07) is 10.7. The summed E-state index contributed by atoms with van der Waals surface area (Å²) in [6.45, 7) is 11.2. The zero-order chi connectivity index (χ0) is 27.9. The molecule has 0 atom stereocenters. The van der Waals surface area contributed by atoms with Crippen molar-refractivity contribution in [2.75, 3.05) is 23.7 Å². The van der Waals surface area contributed by atoms with E-state index in [-0.39, 0.29) is 28.9 Å². The number of ether oxygens (including phenoxy) is 1. The smallest absolute Gasteiger partial charge is 0.254 e. The van der Waals surface area contributed by atoms with Gasteiger partial charge in [0.15, 0.2) is 9.84 Å². The lowest BCUT2D eigenvalue weighted by Gasteiger charge is -2.35. The van der Waals surface area contributed by atoms with Crippen molar-refractivity contribution in [1.29, 1.82) is 0 Å². The van der Waals surface area contributed by atoms with Gasteiger partial charge in [0.2, 0.25) is 5.95 Å². The molecule has 0 unspecified atom stereocenters. The molecule has 1 aromatic heterocycles. The van der Waals surface area contributed by atoms with E-state index in [0.29, 0.717) is 35.1 Å². The molecule has 10 nitrogen and oxygen atoms in total. The lowest BCUT2D eigenvalue weighted by molar-refractivity contribution is 0.0642. The molecule has 39 heavy (non-hydrogen) atoms. The summed E-state index contributed by atoms with van der Waals surface area (Å²) in [6.07, 6.45) is 1.58. The Bertz CT molecular complexity index is 1520. The molecule has 3 N–H and O–H groups in total. The number of hydrogen-bond acceptors (Lipinski definition) is 9. The highest BCUT2D eigenvalue weighted by molar-refractivity contribution is 7.92. The number of amides is 1. The molecule has 3 heterocycles. The van der Waals surface area contributed by atoms with Crippen LogP contribution in [0.15, 0.2) is 47.5 Å². The molecule has 5 rings (SSSR count). The van der Waals surface area contributed by atoms with Crippen molar-refractivity contribution in [3.63, 3.8) is 0 Å². The van der Waals surface area contributed by atoms with Gasteiger partial charge < -0.3 is 25.6 Å². The van der Waals surface area contributed by atoms with Gasteiger partial charge in [-0.2, -0.15) is 4.98 Å². The minimum Gasteiger partial charge on any atom is -0.489 e. The minimum absolute atomic E-state index is 0.00537. The second kappa shape index (κ2) is 10.5. The molecular formula is C28H34N6O4S. The topological polar surface area (TPSA) is 126 Å². The molecule has 0 aliphatic carbocycles. The number of para-hydroxylation sites is 1. The second-order valence-corrected chi connectivity index (χ2v) is 13.0. The maximum Gasteiger partial charge on any atom is 0.254 e. The average molecular weight is 551 g/mol. The van der Waals surface area contributed by atoms with Crippen molar-refractivity contribution in [2.24, 2.45) is 0 Å². The number of carbonyl (C=O) groups excluding carboxylic acids is 1. The number of benzene rings is 2. The van der Waals surface area contributed by atoms with Crippen LogP contribution in [0, 0.1) is 6.92 Å². The van der Waals surface area contributed by atoms with E-state index in [1.807, 2.05) is 37.8 Å². The van der Waals surface area contributed by atoms with Gasteiger partial charge in [0.05, 0.1) is 33.7 Å². The standard InChI is InChI=1S/C28H34N6O4S/c1-16(2)38-24-10-19-15-34(20-13-29-14-20)27(35)21(19)11-23(24)32-28-30-12-18(5)26(33-28)31-22-8-6-7-9-25(22)39(36,37)17(3)4/h6-12,16-17,20,29H,13-15H2,1-5H3,(H2,30,31,32,33). The lowest BCUT2D eigenvalue weighted by Crippen LogP contribution is -2.57. The van der Waals surface area contributed by atoms with Crippen LogP contribution in [-0.2, 0) is 16.4 Å². The van der Waals surface area contributed by atoms with E-state index < -0.39 is 15.1 Å². The highest BCUT2D eigenvalue weighted by atomic mass is 32.2. The number of fused-ring (bicyclic) bond motifs is 1. The Morgan fingerprint density at radius 1 is 1.08 bits per heavy atom. The first-order chi connectivity index (χ1) is 18.5. The summed E-state index contributed by atoms with van der Waals surface area (Å²) in [5.41, 5.74) is 3.34. The molecule has 0 bridgehead atoms. The number of sulfone groups is 1. The Balaban J connectivity index is 1.46. The van der Waals surface area contributed by atoms with Crippen LogP contribution in [0.2, 0.25) is 0 Å². The molecule has 2 aromatic carbocycles. The first-order valence-corrected chi connectivity index (χ1v) is 14.6. The Labute approximate surface area is 229 Å². The van der Waals surface area contributed by atoms with Crippen LogP contribution in [0.4, 0.5) is 23.1 Å². The van der Waals surface area contributed by atoms with Crippen LogP contribution in [0.5, 0.6) is 5.75 Å². The van der Waals surface area contributed by atoms with Crippen LogP contribution in [0.25, 0.3) is 0 Å². The zero-order valence-corrected chi connectivity index (χ0v) is 23.6. The van der Waals surface area contributed by atoms with E-state index in [9.17, 15) is 13.2 Å². The quantitative estimate of drug-likeness (QED) is 0.360. The minimum atomic E-state index is -3.51. The molecular weight excluding hydrogens is 516 g/mol. The van der Waals surface area contributed by atoms with Gasteiger partial charge >= 0.3 is 0 Å². The normalized spacial score (nSPS) is 15.5. The van der Waals surface area contributed by atoms with Gasteiger partial charge in [-0.25, -0.2) is 13.4 Å². The fraction of sp³-hybridized carbons (Fsp3) is 0.393. The number of nitrogens with zero attached hydrogens (tertiary/aromatic N) is 3. The average Bonchev–Trinajstić information content (AvgIpc) is 3.14. The fourth-order valence-corrected chi connectivity index (χ4v) is 5.75. The van der Waals surface area contributed by atoms with Crippen molar-refractivity contribution in [3.8, 4) is 5.75 Å². The van der Waals surface area contributed by atoms with E-state index in [1.165, 1.54) is 0 Å². The summed E-state index contributed by atoms with van der Waals surface area (Å²) >= 11 is 0. The molecule has 11 heteroatoms. The van der Waals surface area contributed by atoms with Crippen LogP contribution in [0.3, 0.4) is 0 Å². The van der Waals surface area contributed by atoms with Crippen molar-refractivity contribution < 1.29 is 17.9 Å². The number of rotatable bonds is 9. The van der Waals surface area contributed by atoms with Gasteiger partial charge in [0, 0.05) is 37.0 Å². The Morgan fingerprint density at radius 2 is 1.82 bits per heavy atom. The zero-order valence-electron chi connectivity index (χ0n) is 22.8. The number of aryl methyl sites for hydroxylation is 1. The van der Waals surface area contributed by atoms with Gasteiger partial charge in [-0.05, 0) is 64.4 Å². The Morgan fingerprint density at radius 3 is 2.49 bits per heavy atom. The maximum atomic E-state index is 13.2. The fourth-order valence-electron chi connectivity index (χ4n) is 4.55. The second-order valence-electron chi connectivity index (χ2n) is 10.5. The van der Waals surface area contributed by atoms with Crippen molar-refractivity contribution in [3.05, 3.63) is 59.3 Å². The Kier molecular flexibility index (Phi) is 7.21. The van der Waals surface area contributed by atoms with Gasteiger partial charge in [-0.15, -0.1) is 0 Å². The van der Waals surface area contributed by atoms with Gasteiger partial charge in [0.1, 0.15) is 11.6 Å². The van der Waals surface area contributed by atoms with E-state index >= 15 is 0 Å². The molecule has 2 aliphatic rings. The number of nitrogens with one attached hydrogen (secondary N) is 3. The molecule has 1 fully saturated rings. The first kappa shape index (κ1) is 26.9. The highest BCUT2D eigenvalue weighted by Gasteiger charge is 2.36. The lowest BCUT2D eigenvalue weighted by atomic mass is 10.1. The largest absolute Gasteiger partial charge is 0.489 e. The summed E-state index contributed by atoms with van der Waals surface area (Å²) < 4.78 is 32.0. The van der Waals surface area contributed by atoms with E-state index in [2.05, 4.69) is 25.9 Å². The number of carbonyl (C=O) groups is 1. The van der Waals surface area contributed by atoms with Crippen molar-refractivity contribution in [2.45, 2.75) is 63.5 Å². The van der Waals surface area contributed by atoms with Crippen LogP contribution in [-0.4, -0.2) is 59.7 Å². The Hall–Kier alpha value is -3.70. The molecule has 206 valence electrons. The SMILES string of the molecule is Cc1cnc(Nc2cc3c(cc2OC(C)C)CN(C2CNC2)C3=O)nc1Nc1ccccc1S(=O)(=O)C(C)C. The maximum absolute atomic E-state index is 13.2. The summed E-state index contributed by atoms with van der Waals surface area (Å²) in [5, 5.41) is 9.07. The van der Waals surface area contributed by atoms with Gasteiger partial charge in [-0.3, -0.25) is 4.79 Å². The number of anilines is 4. The molecule has 2 aliphatic heterocycles. The molecule has 3 aromatic rings. The molecule has 1 amide bonds.